The second-order valence-electron chi connectivity index (χ2n) is 6.37. The van der Waals surface area contributed by atoms with Gasteiger partial charge < -0.3 is 4.90 Å². The lowest BCUT2D eigenvalue weighted by Gasteiger charge is -2.39. The molecular weight excluding hydrogens is 318 g/mol. The van der Waals surface area contributed by atoms with E-state index in [9.17, 15) is 13.2 Å². The van der Waals surface area contributed by atoms with Gasteiger partial charge in [-0.15, -0.1) is 11.8 Å². The molecule has 4 nitrogen and oxygen atoms in total. The van der Waals surface area contributed by atoms with Crippen molar-refractivity contribution < 1.29 is 13.2 Å². The van der Waals surface area contributed by atoms with E-state index in [1.165, 1.54) is 0 Å². The first-order valence-corrected chi connectivity index (χ1v) is 10.6. The van der Waals surface area contributed by atoms with E-state index in [0.717, 1.165) is 29.8 Å². The molecule has 1 aromatic carbocycles. The number of hydrogen-bond donors (Lipinski definition) is 0. The molecule has 0 aliphatic carbocycles. The van der Waals surface area contributed by atoms with Gasteiger partial charge in [-0.3, -0.25) is 4.79 Å². The van der Waals surface area contributed by atoms with Gasteiger partial charge in [-0.05, 0) is 37.7 Å². The van der Waals surface area contributed by atoms with Crippen molar-refractivity contribution in [3.05, 3.63) is 29.8 Å². The third-order valence-electron chi connectivity index (χ3n) is 4.76. The molecular formula is C16H21NO3S2. The van der Waals surface area contributed by atoms with Gasteiger partial charge in [-0.2, -0.15) is 0 Å². The Bertz CT molecular complexity index is 686. The summed E-state index contributed by atoms with van der Waals surface area (Å²) in [5.74, 6) is 0.554. The molecule has 2 saturated heterocycles. The number of carbonyl (C=O) groups excluding carboxylic acids is 1. The largest absolute Gasteiger partial charge is 0.338 e. The average molecular weight is 339 g/mol. The summed E-state index contributed by atoms with van der Waals surface area (Å²) in [5.41, 5.74) is 0.522. The number of benzene rings is 1. The molecule has 0 N–H and O–H groups in total. The summed E-state index contributed by atoms with van der Waals surface area (Å²) >= 11 is 1.57. The summed E-state index contributed by atoms with van der Waals surface area (Å²) < 4.78 is 23.7. The highest BCUT2D eigenvalue weighted by atomic mass is 32.2. The molecule has 2 aliphatic rings. The summed E-state index contributed by atoms with van der Waals surface area (Å²) in [4.78, 5) is 15.7. The first-order valence-electron chi connectivity index (χ1n) is 7.57. The van der Waals surface area contributed by atoms with Crippen molar-refractivity contribution in [2.75, 3.05) is 30.9 Å². The van der Waals surface area contributed by atoms with Gasteiger partial charge in [-0.25, -0.2) is 8.42 Å². The number of amides is 1. The van der Waals surface area contributed by atoms with Crippen molar-refractivity contribution in [2.24, 2.45) is 5.41 Å². The Morgan fingerprint density at radius 2 is 2.05 bits per heavy atom. The Morgan fingerprint density at radius 1 is 1.27 bits per heavy atom. The monoisotopic (exact) mass is 339 g/mol. The number of nitrogens with zero attached hydrogens (tertiary/aromatic N) is 1. The summed E-state index contributed by atoms with van der Waals surface area (Å²) in [6.07, 6.45) is 4.47. The van der Waals surface area contributed by atoms with Crippen LogP contribution in [0.2, 0.25) is 0 Å². The van der Waals surface area contributed by atoms with E-state index in [2.05, 4.69) is 0 Å². The van der Waals surface area contributed by atoms with E-state index >= 15 is 0 Å². The SMILES string of the molecule is CSc1ccccc1C(=O)N1CCCC2(CCS(=O)(=O)C2)C1. The lowest BCUT2D eigenvalue weighted by Crippen LogP contribution is -2.46. The van der Waals surface area contributed by atoms with Gasteiger partial charge >= 0.3 is 0 Å². The first-order chi connectivity index (χ1) is 10.4. The van der Waals surface area contributed by atoms with E-state index in [1.807, 2.05) is 35.4 Å². The van der Waals surface area contributed by atoms with Crippen molar-refractivity contribution in [3.63, 3.8) is 0 Å². The molecule has 0 radical (unpaired) electrons. The van der Waals surface area contributed by atoms with Crippen LogP contribution in [0, 0.1) is 5.41 Å². The third kappa shape index (κ3) is 3.04. The van der Waals surface area contributed by atoms with Gasteiger partial charge in [0, 0.05) is 23.4 Å². The lowest BCUT2D eigenvalue weighted by molar-refractivity contribution is 0.0560. The van der Waals surface area contributed by atoms with Crippen LogP contribution in [0.3, 0.4) is 0 Å². The Kier molecular flexibility index (Phi) is 4.25. The zero-order valence-corrected chi connectivity index (χ0v) is 14.4. The third-order valence-corrected chi connectivity index (χ3v) is 7.43. The normalized spacial score (nSPS) is 27.2. The highest BCUT2D eigenvalue weighted by Gasteiger charge is 2.45. The standard InChI is InChI=1S/C16H21NO3S2/c1-21-14-6-3-2-5-13(14)15(18)17-9-4-7-16(11-17)8-10-22(19,20)12-16/h2-3,5-6H,4,7-12H2,1H3. The van der Waals surface area contributed by atoms with E-state index in [-0.39, 0.29) is 22.8 Å². The zero-order chi connectivity index (χ0) is 15.8. The fourth-order valence-corrected chi connectivity index (χ4v) is 6.47. The van der Waals surface area contributed by atoms with Crippen LogP contribution in [0.15, 0.2) is 29.2 Å². The maximum atomic E-state index is 12.8. The Hall–Kier alpha value is -1.01. The second kappa shape index (κ2) is 5.89. The van der Waals surface area contributed by atoms with E-state index in [0.29, 0.717) is 13.0 Å². The van der Waals surface area contributed by atoms with Crippen molar-refractivity contribution in [1.29, 1.82) is 0 Å². The Morgan fingerprint density at radius 3 is 2.73 bits per heavy atom. The number of likely N-dealkylation sites (tertiary alicyclic amines) is 1. The van der Waals surface area contributed by atoms with Gasteiger partial charge in [-0.1, -0.05) is 12.1 Å². The maximum Gasteiger partial charge on any atom is 0.255 e. The van der Waals surface area contributed by atoms with Crippen LogP contribution in [0.5, 0.6) is 0 Å². The molecule has 0 bridgehead atoms. The van der Waals surface area contributed by atoms with Gasteiger partial charge in [0.05, 0.1) is 17.1 Å². The number of piperidine rings is 1. The number of thioether (sulfide) groups is 1. The minimum Gasteiger partial charge on any atom is -0.338 e. The molecule has 3 rings (SSSR count). The average Bonchev–Trinajstić information content (AvgIpc) is 2.81. The number of sulfone groups is 1. The van der Waals surface area contributed by atoms with Crippen LogP contribution in [-0.2, 0) is 9.84 Å². The molecule has 22 heavy (non-hydrogen) atoms. The van der Waals surface area contributed by atoms with E-state index in [4.69, 9.17) is 0 Å². The molecule has 6 heteroatoms. The van der Waals surface area contributed by atoms with Crippen LogP contribution in [0.25, 0.3) is 0 Å². The zero-order valence-electron chi connectivity index (χ0n) is 12.7. The van der Waals surface area contributed by atoms with Crippen LogP contribution in [-0.4, -0.2) is 50.1 Å². The minimum absolute atomic E-state index is 0.0355. The molecule has 120 valence electrons. The quantitative estimate of drug-likeness (QED) is 0.777. The van der Waals surface area contributed by atoms with Gasteiger partial charge in [0.2, 0.25) is 0 Å². The molecule has 1 amide bonds. The number of hydrogen-bond acceptors (Lipinski definition) is 4. The van der Waals surface area contributed by atoms with E-state index in [1.54, 1.807) is 11.8 Å². The maximum absolute atomic E-state index is 12.8. The Labute approximate surface area is 136 Å². The minimum atomic E-state index is -2.92. The van der Waals surface area contributed by atoms with Crippen molar-refractivity contribution in [2.45, 2.75) is 24.2 Å². The molecule has 2 aliphatic heterocycles. The molecule has 2 heterocycles. The summed E-state index contributed by atoms with van der Waals surface area (Å²) in [7, 11) is -2.92. The first kappa shape index (κ1) is 15.9. The van der Waals surface area contributed by atoms with Crippen molar-refractivity contribution in [3.8, 4) is 0 Å². The fourth-order valence-electron chi connectivity index (χ4n) is 3.68. The van der Waals surface area contributed by atoms with Gasteiger partial charge in [0.1, 0.15) is 0 Å². The Balaban J connectivity index is 1.82. The molecule has 2 fully saturated rings. The highest BCUT2D eigenvalue weighted by Crippen LogP contribution is 2.40. The summed E-state index contributed by atoms with van der Waals surface area (Å²) in [5, 5.41) is 0. The second-order valence-corrected chi connectivity index (χ2v) is 9.40. The predicted octanol–water partition coefficient (Wildman–Crippen LogP) is 2.45. The van der Waals surface area contributed by atoms with Crippen LogP contribution in [0.1, 0.15) is 29.6 Å². The molecule has 1 aromatic rings. The lowest BCUT2D eigenvalue weighted by atomic mass is 9.79. The van der Waals surface area contributed by atoms with Crippen molar-refractivity contribution in [1.82, 2.24) is 4.90 Å². The number of carbonyl (C=O) groups is 1. The van der Waals surface area contributed by atoms with Crippen LogP contribution in [0.4, 0.5) is 0 Å². The molecule has 1 spiro atoms. The van der Waals surface area contributed by atoms with Gasteiger partial charge in [0.15, 0.2) is 9.84 Å². The predicted molar refractivity (Wildman–Crippen MR) is 89.1 cm³/mol. The topological polar surface area (TPSA) is 54.5 Å². The van der Waals surface area contributed by atoms with Crippen molar-refractivity contribution >= 4 is 27.5 Å². The summed E-state index contributed by atoms with van der Waals surface area (Å²) in [6, 6.07) is 7.63. The van der Waals surface area contributed by atoms with E-state index < -0.39 is 9.84 Å². The smallest absolute Gasteiger partial charge is 0.255 e. The van der Waals surface area contributed by atoms with Crippen LogP contribution < -0.4 is 0 Å². The molecule has 1 unspecified atom stereocenters. The fraction of sp³-hybridized carbons (Fsp3) is 0.562. The molecule has 0 aromatic heterocycles. The molecule has 1 atom stereocenters. The molecule has 0 saturated carbocycles. The number of rotatable bonds is 2. The highest BCUT2D eigenvalue weighted by molar-refractivity contribution is 7.98. The van der Waals surface area contributed by atoms with Gasteiger partial charge in [0.25, 0.3) is 5.91 Å². The summed E-state index contributed by atoms with van der Waals surface area (Å²) in [6.45, 7) is 1.30. The van der Waals surface area contributed by atoms with Crippen LogP contribution >= 0.6 is 11.8 Å².